The maximum atomic E-state index is 13.7. The molecule has 1 aliphatic heterocycles. The fourth-order valence-electron chi connectivity index (χ4n) is 2.70. The number of carbonyl (C=O) groups excluding carboxylic acids is 2. The van der Waals surface area contributed by atoms with Crippen LogP contribution in [0.4, 0.5) is 13.2 Å². The van der Waals surface area contributed by atoms with Gasteiger partial charge in [0.1, 0.15) is 6.61 Å². The summed E-state index contributed by atoms with van der Waals surface area (Å²) in [7, 11) is -0.127. The minimum Gasteiger partial charge on any atom is -0.465 e. The first-order valence-corrected chi connectivity index (χ1v) is 8.51. The molecule has 0 amide bonds. The van der Waals surface area contributed by atoms with E-state index in [4.69, 9.17) is 14.0 Å². The molecule has 1 aliphatic rings. The van der Waals surface area contributed by atoms with Crippen LogP contribution in [0.15, 0.2) is 12.1 Å². The van der Waals surface area contributed by atoms with E-state index in [0.29, 0.717) is 6.07 Å². The number of carbonyl (C=O) groups is 2. The minimum atomic E-state index is -4.81. The van der Waals surface area contributed by atoms with Crippen LogP contribution in [0.5, 0.6) is 0 Å². The number of alkyl halides is 3. The lowest BCUT2D eigenvalue weighted by Crippen LogP contribution is -2.41. The topological polar surface area (TPSA) is 71.1 Å². The Morgan fingerprint density at radius 3 is 2.07 bits per heavy atom. The predicted molar refractivity (Wildman–Crippen MR) is 94.0 cm³/mol. The van der Waals surface area contributed by atoms with Crippen molar-refractivity contribution in [2.75, 3.05) is 7.11 Å². The third-order valence-corrected chi connectivity index (χ3v) is 4.94. The van der Waals surface area contributed by atoms with Crippen molar-refractivity contribution in [2.24, 2.45) is 0 Å². The standard InChI is InChI=1S/C18H22BF3O6/c1-10(23)26-9-12-13(18(20,21)22)7-11(15(24)25-6)8-14(12)19-27-16(2,3)17(4,5)28-19/h7-8H,9H2,1-6H3. The Balaban J connectivity index is 2.69. The summed E-state index contributed by atoms with van der Waals surface area (Å²) in [5.41, 5.74) is -3.47. The van der Waals surface area contributed by atoms with Gasteiger partial charge >= 0.3 is 25.2 Å². The number of halogens is 3. The molecule has 0 atom stereocenters. The maximum Gasteiger partial charge on any atom is 0.495 e. The Bertz CT molecular complexity index is 772. The third kappa shape index (κ3) is 4.33. The summed E-state index contributed by atoms with van der Waals surface area (Å²) < 4.78 is 62.3. The highest BCUT2D eigenvalue weighted by atomic mass is 19.4. The van der Waals surface area contributed by atoms with Crippen LogP contribution in [0.25, 0.3) is 0 Å². The van der Waals surface area contributed by atoms with Crippen LogP contribution < -0.4 is 5.46 Å². The molecule has 28 heavy (non-hydrogen) atoms. The lowest BCUT2D eigenvalue weighted by molar-refractivity contribution is -0.145. The zero-order valence-electron chi connectivity index (χ0n) is 16.5. The van der Waals surface area contributed by atoms with E-state index in [1.54, 1.807) is 27.7 Å². The van der Waals surface area contributed by atoms with Crippen LogP contribution >= 0.6 is 0 Å². The number of ether oxygens (including phenoxy) is 2. The lowest BCUT2D eigenvalue weighted by atomic mass is 9.73. The van der Waals surface area contributed by atoms with Gasteiger partial charge in [0, 0.05) is 12.5 Å². The molecule has 0 unspecified atom stereocenters. The van der Waals surface area contributed by atoms with Gasteiger partial charge in [-0.3, -0.25) is 4.79 Å². The van der Waals surface area contributed by atoms with Crippen LogP contribution in [-0.2, 0) is 36.4 Å². The van der Waals surface area contributed by atoms with E-state index in [9.17, 15) is 22.8 Å². The molecule has 0 saturated carbocycles. The predicted octanol–water partition coefficient (Wildman–Crippen LogP) is 2.85. The minimum absolute atomic E-state index is 0.0462. The van der Waals surface area contributed by atoms with Crippen molar-refractivity contribution in [2.45, 2.75) is 58.6 Å². The quantitative estimate of drug-likeness (QED) is 0.570. The lowest BCUT2D eigenvalue weighted by Gasteiger charge is -2.32. The second-order valence-corrected chi connectivity index (χ2v) is 7.45. The number of rotatable bonds is 4. The molecule has 0 N–H and O–H groups in total. The van der Waals surface area contributed by atoms with E-state index in [-0.39, 0.29) is 16.6 Å². The zero-order chi connectivity index (χ0) is 21.5. The van der Waals surface area contributed by atoms with Crippen molar-refractivity contribution in [3.05, 3.63) is 28.8 Å². The van der Waals surface area contributed by atoms with Gasteiger partial charge in [-0.25, -0.2) is 4.79 Å². The molecule has 154 valence electrons. The van der Waals surface area contributed by atoms with Gasteiger partial charge in [0.15, 0.2) is 0 Å². The third-order valence-electron chi connectivity index (χ3n) is 4.94. The van der Waals surface area contributed by atoms with Crippen LogP contribution in [0, 0.1) is 0 Å². The van der Waals surface area contributed by atoms with Crippen LogP contribution in [-0.4, -0.2) is 37.4 Å². The van der Waals surface area contributed by atoms with Crippen molar-refractivity contribution in [3.63, 3.8) is 0 Å². The smallest absolute Gasteiger partial charge is 0.465 e. The highest BCUT2D eigenvalue weighted by molar-refractivity contribution is 6.62. The normalized spacial score (nSPS) is 18.1. The molecule has 1 saturated heterocycles. The van der Waals surface area contributed by atoms with Crippen molar-refractivity contribution in [1.82, 2.24) is 0 Å². The Morgan fingerprint density at radius 1 is 1.11 bits per heavy atom. The Hall–Kier alpha value is -2.07. The molecule has 10 heteroatoms. The average molecular weight is 402 g/mol. The van der Waals surface area contributed by atoms with Gasteiger partial charge < -0.3 is 18.8 Å². The average Bonchev–Trinajstić information content (AvgIpc) is 2.78. The van der Waals surface area contributed by atoms with Gasteiger partial charge in [-0.1, -0.05) is 0 Å². The van der Waals surface area contributed by atoms with Gasteiger partial charge in [-0.15, -0.1) is 0 Å². The fourth-order valence-corrected chi connectivity index (χ4v) is 2.70. The fraction of sp³-hybridized carbons (Fsp3) is 0.556. The molecule has 1 fully saturated rings. The van der Waals surface area contributed by atoms with Crippen LogP contribution in [0.2, 0.25) is 0 Å². The molecule has 6 nitrogen and oxygen atoms in total. The molecule has 0 spiro atoms. The van der Waals surface area contributed by atoms with Gasteiger partial charge in [0.2, 0.25) is 0 Å². The van der Waals surface area contributed by atoms with Crippen LogP contribution in [0.1, 0.15) is 56.1 Å². The molecular formula is C18H22BF3O6. The monoisotopic (exact) mass is 402 g/mol. The number of benzene rings is 1. The summed E-state index contributed by atoms with van der Waals surface area (Å²) in [4.78, 5) is 23.1. The molecule has 1 aromatic rings. The zero-order valence-corrected chi connectivity index (χ0v) is 16.5. The van der Waals surface area contributed by atoms with Crippen molar-refractivity contribution in [3.8, 4) is 0 Å². The molecule has 1 aromatic carbocycles. The van der Waals surface area contributed by atoms with Crippen LogP contribution in [0.3, 0.4) is 0 Å². The summed E-state index contributed by atoms with van der Waals surface area (Å²) in [5.74, 6) is -1.69. The Kier molecular flexibility index (Phi) is 5.87. The number of hydrogen-bond donors (Lipinski definition) is 0. The molecule has 2 rings (SSSR count). The number of methoxy groups -OCH3 is 1. The highest BCUT2D eigenvalue weighted by Crippen LogP contribution is 2.38. The van der Waals surface area contributed by atoms with Crippen molar-refractivity contribution < 1.29 is 41.5 Å². The Morgan fingerprint density at radius 2 is 1.64 bits per heavy atom. The van der Waals surface area contributed by atoms with Crippen molar-refractivity contribution in [1.29, 1.82) is 0 Å². The molecule has 0 aliphatic carbocycles. The number of esters is 2. The summed E-state index contributed by atoms with van der Waals surface area (Å²) in [6.45, 7) is 7.41. The second kappa shape index (κ2) is 7.40. The van der Waals surface area contributed by atoms with E-state index in [1.807, 2.05) is 0 Å². The molecule has 0 bridgehead atoms. The SMILES string of the molecule is COC(=O)c1cc(B2OC(C)(C)C(C)(C)O2)c(COC(C)=O)c(C(F)(F)F)c1. The largest absolute Gasteiger partial charge is 0.495 e. The van der Waals surface area contributed by atoms with E-state index >= 15 is 0 Å². The van der Waals surface area contributed by atoms with Gasteiger partial charge in [-0.2, -0.15) is 13.2 Å². The second-order valence-electron chi connectivity index (χ2n) is 7.45. The van der Waals surface area contributed by atoms with E-state index in [1.165, 1.54) is 6.07 Å². The molecular weight excluding hydrogens is 380 g/mol. The van der Waals surface area contributed by atoms with Gasteiger partial charge in [0.05, 0.1) is 29.4 Å². The first-order valence-electron chi connectivity index (χ1n) is 8.51. The summed E-state index contributed by atoms with van der Waals surface area (Å²) in [5, 5.41) is 0. The maximum absolute atomic E-state index is 13.7. The first-order chi connectivity index (χ1) is 12.7. The summed E-state index contributed by atoms with van der Waals surface area (Å²) in [6.07, 6.45) is -4.81. The highest BCUT2D eigenvalue weighted by Gasteiger charge is 2.53. The molecule has 0 aromatic heterocycles. The summed E-state index contributed by atoms with van der Waals surface area (Å²) in [6, 6.07) is 1.88. The van der Waals surface area contributed by atoms with Gasteiger partial charge in [-0.05, 0) is 45.3 Å². The first kappa shape index (κ1) is 22.2. The van der Waals surface area contributed by atoms with Gasteiger partial charge in [0.25, 0.3) is 0 Å². The van der Waals surface area contributed by atoms with E-state index < -0.39 is 48.6 Å². The Labute approximate surface area is 161 Å². The molecule has 1 heterocycles. The summed E-state index contributed by atoms with van der Waals surface area (Å²) >= 11 is 0. The van der Waals surface area contributed by atoms with E-state index in [2.05, 4.69) is 4.74 Å². The van der Waals surface area contributed by atoms with Crippen molar-refractivity contribution >= 4 is 24.5 Å². The van der Waals surface area contributed by atoms with E-state index in [0.717, 1.165) is 14.0 Å². The molecule has 0 radical (unpaired) electrons. The number of hydrogen-bond acceptors (Lipinski definition) is 6.